The van der Waals surface area contributed by atoms with E-state index in [0.717, 1.165) is 29.7 Å². The van der Waals surface area contributed by atoms with Crippen LogP contribution < -0.4 is 10.1 Å². The second-order valence-corrected chi connectivity index (χ2v) is 10.1. The summed E-state index contributed by atoms with van der Waals surface area (Å²) in [7, 11) is 1.63. The largest absolute Gasteiger partial charge is 0.497 e. The summed E-state index contributed by atoms with van der Waals surface area (Å²) >= 11 is 0. The number of hydrogen-bond donors (Lipinski definition) is 1. The van der Waals surface area contributed by atoms with Crippen LogP contribution in [0.15, 0.2) is 47.1 Å². The first-order valence-corrected chi connectivity index (χ1v) is 12.1. The van der Waals surface area contributed by atoms with Crippen LogP contribution in [0.3, 0.4) is 0 Å². The van der Waals surface area contributed by atoms with E-state index in [1.165, 1.54) is 6.42 Å². The molecular formula is C27H33N3O4. The Hall–Kier alpha value is -3.22. The molecule has 0 radical (unpaired) electrons. The third-order valence-electron chi connectivity index (χ3n) is 8.06. The number of amides is 2. The molecule has 7 nitrogen and oxygen atoms in total. The molecule has 1 N–H and O–H groups in total. The molecule has 34 heavy (non-hydrogen) atoms. The second kappa shape index (κ2) is 8.53. The van der Waals surface area contributed by atoms with Gasteiger partial charge < -0.3 is 23.9 Å². The van der Waals surface area contributed by atoms with Gasteiger partial charge in [-0.25, -0.2) is 0 Å². The van der Waals surface area contributed by atoms with Crippen LogP contribution in [0.2, 0.25) is 0 Å². The number of nitrogens with zero attached hydrogens (tertiary/aromatic N) is 2. The fraction of sp³-hybridized carbons (Fsp3) is 0.481. The van der Waals surface area contributed by atoms with E-state index in [-0.39, 0.29) is 17.9 Å². The topological polar surface area (TPSA) is 76.7 Å². The van der Waals surface area contributed by atoms with Gasteiger partial charge in [-0.05, 0) is 42.9 Å². The monoisotopic (exact) mass is 463 g/mol. The first-order valence-electron chi connectivity index (χ1n) is 12.1. The maximum absolute atomic E-state index is 13.9. The highest BCUT2D eigenvalue weighted by molar-refractivity contribution is 6.02. The lowest BCUT2D eigenvalue weighted by atomic mass is 9.77. The minimum absolute atomic E-state index is 0.101. The molecule has 0 saturated heterocycles. The van der Waals surface area contributed by atoms with Gasteiger partial charge in [0.2, 0.25) is 5.91 Å². The lowest BCUT2D eigenvalue weighted by molar-refractivity contribution is -0.134. The van der Waals surface area contributed by atoms with Crippen molar-refractivity contribution in [1.82, 2.24) is 14.8 Å². The van der Waals surface area contributed by atoms with Crippen LogP contribution in [-0.2, 0) is 17.9 Å². The zero-order chi connectivity index (χ0) is 24.0. The van der Waals surface area contributed by atoms with Crippen molar-refractivity contribution in [2.75, 3.05) is 7.11 Å². The summed E-state index contributed by atoms with van der Waals surface area (Å²) in [5.74, 6) is 1.45. The molecule has 1 saturated carbocycles. The Kier molecular flexibility index (Phi) is 5.66. The van der Waals surface area contributed by atoms with Crippen molar-refractivity contribution in [2.24, 2.45) is 11.8 Å². The minimum Gasteiger partial charge on any atom is -0.497 e. The molecule has 4 atom stereocenters. The molecular weight excluding hydrogens is 430 g/mol. The van der Waals surface area contributed by atoms with Gasteiger partial charge in [-0.1, -0.05) is 38.8 Å². The average Bonchev–Trinajstić information content (AvgIpc) is 3.42. The summed E-state index contributed by atoms with van der Waals surface area (Å²) < 4.78 is 12.8. The molecule has 7 heteroatoms. The number of ether oxygens (including phenoxy) is 1. The molecule has 3 heterocycles. The molecule has 1 aliphatic carbocycles. The molecule has 1 aliphatic heterocycles. The van der Waals surface area contributed by atoms with Gasteiger partial charge in [0.25, 0.3) is 5.91 Å². The Balaban J connectivity index is 1.51. The SMILES string of the molecule is COc1ccc(CN2C(=O)c3cc4occc4n3CC2(C)C(=O)NC2CCCC(C)C2C)cc1. The van der Waals surface area contributed by atoms with Crippen molar-refractivity contribution in [3.05, 3.63) is 53.9 Å². The van der Waals surface area contributed by atoms with Gasteiger partial charge in [0.15, 0.2) is 5.58 Å². The zero-order valence-electron chi connectivity index (χ0n) is 20.3. The van der Waals surface area contributed by atoms with E-state index >= 15 is 0 Å². The van der Waals surface area contributed by atoms with Crippen molar-refractivity contribution in [2.45, 2.75) is 64.7 Å². The first kappa shape index (κ1) is 22.6. The Morgan fingerprint density at radius 2 is 1.97 bits per heavy atom. The van der Waals surface area contributed by atoms with E-state index in [9.17, 15) is 9.59 Å². The molecule has 180 valence electrons. The molecule has 0 spiro atoms. The molecule has 0 bridgehead atoms. The van der Waals surface area contributed by atoms with Crippen molar-refractivity contribution in [3.8, 4) is 5.75 Å². The van der Waals surface area contributed by atoms with Gasteiger partial charge in [0, 0.05) is 24.7 Å². The van der Waals surface area contributed by atoms with Gasteiger partial charge in [-0.15, -0.1) is 0 Å². The van der Waals surface area contributed by atoms with Crippen LogP contribution in [0, 0.1) is 11.8 Å². The second-order valence-electron chi connectivity index (χ2n) is 10.1. The van der Waals surface area contributed by atoms with Crippen molar-refractivity contribution < 1.29 is 18.7 Å². The van der Waals surface area contributed by atoms with E-state index in [1.807, 2.05) is 41.8 Å². The standard InChI is InChI=1S/C27H33N3O4/c1-17-6-5-7-21(18(17)2)28-26(32)27(3)16-29-22-12-13-34-24(22)14-23(29)25(31)30(27)15-19-8-10-20(33-4)11-9-19/h8-14,17-18,21H,5-7,15-16H2,1-4H3,(H,28,32). The number of hydrogen-bond acceptors (Lipinski definition) is 4. The van der Waals surface area contributed by atoms with Gasteiger partial charge in [0.1, 0.15) is 17.0 Å². The van der Waals surface area contributed by atoms with Gasteiger partial charge >= 0.3 is 0 Å². The van der Waals surface area contributed by atoms with E-state index < -0.39 is 5.54 Å². The number of carbonyl (C=O) groups is 2. The maximum atomic E-state index is 13.9. The first-order chi connectivity index (χ1) is 16.3. The molecule has 1 aromatic carbocycles. The Bertz CT molecular complexity index is 1210. The summed E-state index contributed by atoms with van der Waals surface area (Å²) in [4.78, 5) is 29.4. The highest BCUT2D eigenvalue weighted by Gasteiger charge is 2.48. The van der Waals surface area contributed by atoms with Crippen molar-refractivity contribution in [3.63, 3.8) is 0 Å². The molecule has 4 unspecified atom stereocenters. The number of rotatable bonds is 5. The van der Waals surface area contributed by atoms with Crippen molar-refractivity contribution in [1.29, 1.82) is 0 Å². The van der Waals surface area contributed by atoms with E-state index in [1.54, 1.807) is 24.3 Å². The van der Waals surface area contributed by atoms with Crippen LogP contribution in [-0.4, -0.2) is 40.0 Å². The number of benzene rings is 1. The number of furan rings is 1. The molecule has 1 fully saturated rings. The fourth-order valence-electron chi connectivity index (χ4n) is 5.54. The van der Waals surface area contributed by atoms with Crippen LogP contribution in [0.4, 0.5) is 0 Å². The van der Waals surface area contributed by atoms with Crippen molar-refractivity contribution >= 4 is 22.9 Å². The number of aromatic nitrogens is 1. The number of fused-ring (bicyclic) bond motifs is 3. The minimum atomic E-state index is -1.05. The van der Waals surface area contributed by atoms with Gasteiger partial charge in [-0.2, -0.15) is 0 Å². The quantitative estimate of drug-likeness (QED) is 0.600. The smallest absolute Gasteiger partial charge is 0.271 e. The third kappa shape index (κ3) is 3.67. The lowest BCUT2D eigenvalue weighted by Gasteiger charge is -2.45. The Labute approximate surface area is 200 Å². The summed E-state index contributed by atoms with van der Waals surface area (Å²) in [6.07, 6.45) is 4.90. The summed E-state index contributed by atoms with van der Waals surface area (Å²) in [5, 5.41) is 3.34. The number of carbonyl (C=O) groups excluding carboxylic acids is 2. The van der Waals surface area contributed by atoms with E-state index in [2.05, 4.69) is 19.2 Å². The van der Waals surface area contributed by atoms with E-state index in [4.69, 9.17) is 9.15 Å². The predicted molar refractivity (Wildman–Crippen MR) is 130 cm³/mol. The number of methoxy groups -OCH3 is 1. The van der Waals surface area contributed by atoms with Crippen LogP contribution >= 0.6 is 0 Å². The van der Waals surface area contributed by atoms with Gasteiger partial charge in [0.05, 0.1) is 25.4 Å². The average molecular weight is 464 g/mol. The molecule has 2 aromatic heterocycles. The lowest BCUT2D eigenvalue weighted by Crippen LogP contribution is -2.65. The fourth-order valence-corrected chi connectivity index (χ4v) is 5.54. The Morgan fingerprint density at radius 3 is 2.71 bits per heavy atom. The maximum Gasteiger partial charge on any atom is 0.271 e. The van der Waals surface area contributed by atoms with Gasteiger partial charge in [-0.3, -0.25) is 9.59 Å². The predicted octanol–water partition coefficient (Wildman–Crippen LogP) is 4.60. The summed E-state index contributed by atoms with van der Waals surface area (Å²) in [6.45, 7) is 7.06. The summed E-state index contributed by atoms with van der Waals surface area (Å²) in [5.41, 5.74) is 1.94. The van der Waals surface area contributed by atoms with E-state index in [0.29, 0.717) is 36.2 Å². The van der Waals surface area contributed by atoms with Crippen LogP contribution in [0.5, 0.6) is 5.75 Å². The van der Waals surface area contributed by atoms with Crippen LogP contribution in [0.25, 0.3) is 11.1 Å². The molecule has 2 amide bonds. The highest BCUT2D eigenvalue weighted by Crippen LogP contribution is 2.35. The zero-order valence-corrected chi connectivity index (χ0v) is 20.3. The van der Waals surface area contributed by atoms with Crippen LogP contribution in [0.1, 0.15) is 56.1 Å². The Morgan fingerprint density at radius 1 is 1.21 bits per heavy atom. The molecule has 2 aliphatic rings. The molecule has 3 aromatic rings. The molecule has 5 rings (SSSR count). The highest BCUT2D eigenvalue weighted by atomic mass is 16.5. The number of nitrogens with one attached hydrogen (secondary N) is 1. The normalized spacial score (nSPS) is 27.0. The third-order valence-corrected chi connectivity index (χ3v) is 8.06. The summed E-state index contributed by atoms with van der Waals surface area (Å²) in [6, 6.07) is 11.4.